The molecule has 4 rings (SSSR count). The van der Waals surface area contributed by atoms with Crippen LogP contribution in [0.5, 0.6) is 0 Å². The molecule has 0 bridgehead atoms. The maximum absolute atomic E-state index is 13.1. The maximum atomic E-state index is 13.1. The molecule has 0 atom stereocenters. The fourth-order valence-electron chi connectivity index (χ4n) is 3.85. The number of hydrogen-bond donors (Lipinski definition) is 2. The van der Waals surface area contributed by atoms with Crippen LogP contribution in [0.1, 0.15) is 54.3 Å². The molecule has 2 aromatic rings. The van der Waals surface area contributed by atoms with Gasteiger partial charge in [0.1, 0.15) is 6.54 Å². The molecule has 0 radical (unpaired) electrons. The first-order valence-corrected chi connectivity index (χ1v) is 11.8. The molecule has 194 valence electrons. The molecule has 4 amide bonds. The van der Waals surface area contributed by atoms with Gasteiger partial charge in [-0.15, -0.1) is 0 Å². The molecule has 37 heavy (non-hydrogen) atoms. The molecule has 0 fully saturated rings. The van der Waals surface area contributed by atoms with Crippen LogP contribution in [0, 0.1) is 0 Å². The van der Waals surface area contributed by atoms with Crippen LogP contribution in [0.4, 0.5) is 17.1 Å². The van der Waals surface area contributed by atoms with Crippen LogP contribution in [0.3, 0.4) is 0 Å². The predicted molar refractivity (Wildman–Crippen MR) is 139 cm³/mol. The maximum Gasteiger partial charge on any atom is 0.305 e. The van der Waals surface area contributed by atoms with E-state index in [2.05, 4.69) is 10.4 Å². The Morgan fingerprint density at radius 1 is 1.03 bits per heavy atom. The molecule has 11 heteroatoms. The third kappa shape index (κ3) is 6.00. The number of fused-ring (bicyclic) bond motifs is 1. The van der Waals surface area contributed by atoms with Crippen LogP contribution in [-0.4, -0.2) is 65.5 Å². The molecule has 2 aliphatic rings. The number of nitrogens with one attached hydrogen (secondary N) is 1. The Hall–Kier alpha value is -4.54. The molecule has 11 nitrogen and oxygen atoms in total. The lowest BCUT2D eigenvalue weighted by atomic mass is 10.1. The van der Waals surface area contributed by atoms with Gasteiger partial charge in [0.25, 0.3) is 17.7 Å². The first-order valence-electron chi connectivity index (χ1n) is 11.8. The summed E-state index contributed by atoms with van der Waals surface area (Å²) >= 11 is 0. The predicted octanol–water partition coefficient (Wildman–Crippen LogP) is 2.97. The van der Waals surface area contributed by atoms with E-state index in [1.54, 1.807) is 43.3 Å². The zero-order valence-electron chi connectivity index (χ0n) is 21.1. The number of hydrogen-bond acceptors (Lipinski definition) is 6. The molecular weight excluding hydrogens is 478 g/mol. The Bertz CT molecular complexity index is 1270. The highest BCUT2D eigenvalue weighted by molar-refractivity contribution is 6.13. The van der Waals surface area contributed by atoms with Crippen molar-refractivity contribution in [3.8, 4) is 0 Å². The second-order valence-corrected chi connectivity index (χ2v) is 8.27. The first kappa shape index (κ1) is 27.1. The van der Waals surface area contributed by atoms with Crippen molar-refractivity contribution >= 4 is 52.4 Å². The van der Waals surface area contributed by atoms with Crippen molar-refractivity contribution < 1.29 is 29.1 Å². The monoisotopic (exact) mass is 507 g/mol. The lowest BCUT2D eigenvalue weighted by Gasteiger charge is -2.19. The van der Waals surface area contributed by atoms with Gasteiger partial charge in [-0.2, -0.15) is 5.10 Å². The second kappa shape index (κ2) is 11.5. The molecule has 2 aromatic carbocycles. The van der Waals surface area contributed by atoms with E-state index in [1.807, 2.05) is 13.8 Å². The van der Waals surface area contributed by atoms with E-state index in [1.165, 1.54) is 27.9 Å². The van der Waals surface area contributed by atoms with Gasteiger partial charge < -0.3 is 20.2 Å². The highest BCUT2D eigenvalue weighted by Gasteiger charge is 2.30. The zero-order chi connectivity index (χ0) is 27.3. The standard InChI is InChI=1S/C24H23N5O6.C2H6/c1-14-11-20(30)29(26-14)17-6-3-15(4-7-17)23(34)25-16-5-8-19-18(12-16)24(35)28(10-9-22(32)33)13-21(31)27(19)2;1-2/h3-8,12H,9-11,13H2,1-2H3,(H,25,34)(H,32,33);1-2H3. The molecule has 0 aliphatic carbocycles. The fourth-order valence-corrected chi connectivity index (χ4v) is 3.85. The average Bonchev–Trinajstić information content (AvgIpc) is 3.20. The van der Waals surface area contributed by atoms with Gasteiger partial charge in [-0.05, 0) is 49.4 Å². The minimum absolute atomic E-state index is 0.112. The van der Waals surface area contributed by atoms with Crippen molar-refractivity contribution in [2.75, 3.05) is 35.4 Å². The largest absolute Gasteiger partial charge is 0.481 e. The number of carbonyl (C=O) groups is 5. The van der Waals surface area contributed by atoms with E-state index >= 15 is 0 Å². The zero-order valence-corrected chi connectivity index (χ0v) is 21.1. The van der Waals surface area contributed by atoms with Gasteiger partial charge in [0.15, 0.2) is 0 Å². The van der Waals surface area contributed by atoms with Crippen molar-refractivity contribution in [3.63, 3.8) is 0 Å². The SMILES string of the molecule is CC.CC1=NN(c2ccc(C(=O)Nc3ccc4c(c3)C(=O)N(CCC(=O)O)CC(=O)N4C)cc2)C(=O)C1. The van der Waals surface area contributed by atoms with E-state index in [0.29, 0.717) is 28.3 Å². The highest BCUT2D eigenvalue weighted by atomic mass is 16.4. The summed E-state index contributed by atoms with van der Waals surface area (Å²) in [5.41, 5.74) is 2.47. The van der Waals surface area contributed by atoms with Gasteiger partial charge in [0.2, 0.25) is 5.91 Å². The van der Waals surface area contributed by atoms with E-state index in [-0.39, 0.29) is 43.3 Å². The Morgan fingerprint density at radius 3 is 2.30 bits per heavy atom. The summed E-state index contributed by atoms with van der Waals surface area (Å²) in [4.78, 5) is 63.8. The van der Waals surface area contributed by atoms with E-state index < -0.39 is 17.8 Å². The van der Waals surface area contributed by atoms with E-state index in [0.717, 1.165) is 0 Å². The van der Waals surface area contributed by atoms with E-state index in [4.69, 9.17) is 5.11 Å². The number of aliphatic carboxylic acids is 1. The van der Waals surface area contributed by atoms with Gasteiger partial charge in [0.05, 0.1) is 29.8 Å². The number of hydrazone groups is 1. The summed E-state index contributed by atoms with van der Waals surface area (Å²) < 4.78 is 0. The summed E-state index contributed by atoms with van der Waals surface area (Å²) in [6.45, 7) is 5.41. The minimum Gasteiger partial charge on any atom is -0.481 e. The smallest absolute Gasteiger partial charge is 0.305 e. The minimum atomic E-state index is -1.08. The number of rotatable bonds is 6. The number of benzene rings is 2. The van der Waals surface area contributed by atoms with Crippen molar-refractivity contribution in [2.24, 2.45) is 5.10 Å². The Kier molecular flexibility index (Phi) is 8.38. The van der Waals surface area contributed by atoms with Crippen LogP contribution in [0.25, 0.3) is 0 Å². The quantitative estimate of drug-likeness (QED) is 0.616. The van der Waals surface area contributed by atoms with Gasteiger partial charge in [-0.25, -0.2) is 5.01 Å². The number of carbonyl (C=O) groups excluding carboxylic acids is 4. The number of amides is 4. The number of carboxylic acid groups (broad SMARTS) is 1. The average molecular weight is 508 g/mol. The summed E-state index contributed by atoms with van der Waals surface area (Å²) in [7, 11) is 1.53. The Morgan fingerprint density at radius 2 is 1.70 bits per heavy atom. The Labute approximate surface area is 214 Å². The van der Waals surface area contributed by atoms with Crippen molar-refractivity contribution in [1.82, 2.24) is 4.90 Å². The van der Waals surface area contributed by atoms with Gasteiger partial charge in [0, 0.05) is 30.6 Å². The molecular formula is C26H29N5O6. The summed E-state index contributed by atoms with van der Waals surface area (Å²) in [6, 6.07) is 11.0. The third-order valence-corrected chi connectivity index (χ3v) is 5.72. The molecule has 2 N–H and O–H groups in total. The van der Waals surface area contributed by atoms with Crippen LogP contribution in [0.15, 0.2) is 47.6 Å². The van der Waals surface area contributed by atoms with Crippen LogP contribution >= 0.6 is 0 Å². The number of anilines is 3. The lowest BCUT2D eigenvalue weighted by Crippen LogP contribution is -2.38. The number of nitrogens with zero attached hydrogens (tertiary/aromatic N) is 4. The first-order chi connectivity index (χ1) is 17.6. The molecule has 0 aromatic heterocycles. The lowest BCUT2D eigenvalue weighted by molar-refractivity contribution is -0.137. The highest BCUT2D eigenvalue weighted by Crippen LogP contribution is 2.28. The van der Waals surface area contributed by atoms with E-state index in [9.17, 15) is 24.0 Å². The molecule has 2 aliphatic heterocycles. The third-order valence-electron chi connectivity index (χ3n) is 5.72. The summed E-state index contributed by atoms with van der Waals surface area (Å²) in [6.07, 6.45) is -0.0355. The summed E-state index contributed by atoms with van der Waals surface area (Å²) in [5.74, 6) is -2.50. The molecule has 0 saturated carbocycles. The normalized spacial score (nSPS) is 15.0. The topological polar surface area (TPSA) is 140 Å². The van der Waals surface area contributed by atoms with Crippen LogP contribution < -0.4 is 15.2 Å². The summed E-state index contributed by atoms with van der Waals surface area (Å²) in [5, 5.41) is 17.2. The second-order valence-electron chi connectivity index (χ2n) is 8.27. The number of likely N-dealkylation sites (N-methyl/N-ethyl adjacent to an activating group) is 1. The van der Waals surface area contributed by atoms with Gasteiger partial charge in [-0.1, -0.05) is 13.8 Å². The number of carboxylic acids is 1. The van der Waals surface area contributed by atoms with Crippen molar-refractivity contribution in [2.45, 2.75) is 33.6 Å². The molecule has 2 heterocycles. The molecule has 0 spiro atoms. The van der Waals surface area contributed by atoms with Crippen molar-refractivity contribution in [1.29, 1.82) is 0 Å². The van der Waals surface area contributed by atoms with Crippen molar-refractivity contribution in [3.05, 3.63) is 53.6 Å². The van der Waals surface area contributed by atoms with Crippen LogP contribution in [-0.2, 0) is 14.4 Å². The molecule has 0 unspecified atom stereocenters. The van der Waals surface area contributed by atoms with Gasteiger partial charge in [-0.3, -0.25) is 24.0 Å². The molecule has 0 saturated heterocycles. The van der Waals surface area contributed by atoms with Gasteiger partial charge >= 0.3 is 5.97 Å². The van der Waals surface area contributed by atoms with Crippen LogP contribution in [0.2, 0.25) is 0 Å². The fraction of sp³-hybridized carbons (Fsp3) is 0.308. The Balaban J connectivity index is 0.00000186.